The van der Waals surface area contributed by atoms with E-state index in [0.29, 0.717) is 17.4 Å². The number of nitriles is 1. The Morgan fingerprint density at radius 2 is 2.05 bits per heavy atom. The Hall–Kier alpha value is -1.63. The summed E-state index contributed by atoms with van der Waals surface area (Å²) in [7, 11) is 0. The van der Waals surface area contributed by atoms with Gasteiger partial charge in [-0.25, -0.2) is 0 Å². The molecule has 2 amide bonds. The summed E-state index contributed by atoms with van der Waals surface area (Å²) in [5.74, 6) is -0.359. The number of amides is 2. The molecule has 1 heterocycles. The minimum absolute atomic E-state index is 0.156. The van der Waals surface area contributed by atoms with Gasteiger partial charge in [-0.3, -0.25) is 0 Å². The number of unbranched alkanes of at least 4 members (excludes halogenated alkanes) is 1. The van der Waals surface area contributed by atoms with E-state index in [-0.39, 0.29) is 26.8 Å². The molecule has 21 heavy (non-hydrogen) atoms. The van der Waals surface area contributed by atoms with E-state index in [0.717, 1.165) is 18.4 Å². The molecule has 2 rings (SSSR count). The Labute approximate surface area is 131 Å². The first-order valence-corrected chi connectivity index (χ1v) is 9.09. The predicted molar refractivity (Wildman–Crippen MR) is 80.9 cm³/mol. The first-order valence-electron chi connectivity index (χ1n) is 7.03. The second-order valence-corrected chi connectivity index (χ2v) is 6.97. The number of carbonyl (C=O) groups is 2. The quantitative estimate of drug-likeness (QED) is 0.606. The Kier molecular flexibility index (Phi) is 4.82. The third-order valence-electron chi connectivity index (χ3n) is 3.87. The molecule has 0 saturated heterocycles. The first-order chi connectivity index (χ1) is 10.1. The Balaban J connectivity index is 2.49. The summed E-state index contributed by atoms with van der Waals surface area (Å²) in [5, 5.41) is 9.39. The molecule has 0 aliphatic carbocycles. The van der Waals surface area contributed by atoms with Crippen molar-refractivity contribution in [1.82, 2.24) is 4.90 Å². The molecule has 4 nitrogen and oxygen atoms in total. The third kappa shape index (κ3) is 2.74. The van der Waals surface area contributed by atoms with Gasteiger partial charge in [0.2, 0.25) is 0 Å². The normalized spacial score (nSPS) is 21.1. The SMILES string of the molecule is CCCCN1C(=O)c2ccccc2C(C)(C[Se]C#N)C1=O. The van der Waals surface area contributed by atoms with E-state index < -0.39 is 5.41 Å². The number of hydrogen-bond acceptors (Lipinski definition) is 3. The molecule has 1 atom stereocenters. The summed E-state index contributed by atoms with van der Waals surface area (Å²) in [6.07, 6.45) is 1.73. The molecule has 1 aromatic carbocycles. The molecule has 0 saturated carbocycles. The van der Waals surface area contributed by atoms with Crippen molar-refractivity contribution in [2.45, 2.75) is 37.4 Å². The van der Waals surface area contributed by atoms with Gasteiger partial charge in [-0.2, -0.15) is 0 Å². The molecule has 0 spiro atoms. The van der Waals surface area contributed by atoms with E-state index in [2.05, 4.69) is 4.97 Å². The summed E-state index contributed by atoms with van der Waals surface area (Å²) >= 11 is -0.270. The number of carbonyl (C=O) groups excluding carboxylic acids is 2. The Morgan fingerprint density at radius 3 is 2.71 bits per heavy atom. The number of rotatable bonds is 5. The van der Waals surface area contributed by atoms with Gasteiger partial charge in [0, 0.05) is 0 Å². The average Bonchev–Trinajstić information content (AvgIpc) is 2.51. The second kappa shape index (κ2) is 6.43. The van der Waals surface area contributed by atoms with Gasteiger partial charge in [-0.1, -0.05) is 0 Å². The number of nitrogens with zero attached hydrogens (tertiary/aromatic N) is 2. The summed E-state index contributed by atoms with van der Waals surface area (Å²) < 4.78 is 0. The zero-order valence-corrected chi connectivity index (χ0v) is 14.0. The van der Waals surface area contributed by atoms with Crippen LogP contribution in [0.15, 0.2) is 24.3 Å². The standard InChI is InChI=1S/C16H18N2O2Se/c1-3-4-9-18-14(19)12-7-5-6-8-13(12)16(2,15(18)20)10-21-11-17/h5-8H,3-4,9-10H2,1-2H3. The predicted octanol–water partition coefficient (Wildman–Crippen LogP) is 2.33. The monoisotopic (exact) mass is 350 g/mol. The van der Waals surface area contributed by atoms with E-state index in [1.54, 1.807) is 6.07 Å². The Bertz CT molecular complexity index is 609. The van der Waals surface area contributed by atoms with Crippen LogP contribution in [0.2, 0.25) is 5.32 Å². The first kappa shape index (κ1) is 15.8. The molecule has 1 unspecified atom stereocenters. The zero-order valence-electron chi connectivity index (χ0n) is 12.3. The van der Waals surface area contributed by atoms with Crippen LogP contribution in [-0.4, -0.2) is 38.2 Å². The van der Waals surface area contributed by atoms with Gasteiger partial charge in [-0.15, -0.1) is 0 Å². The van der Waals surface area contributed by atoms with Gasteiger partial charge in [-0.05, 0) is 0 Å². The molecular formula is C16H18N2O2Se. The van der Waals surface area contributed by atoms with Crippen molar-refractivity contribution in [2.75, 3.05) is 6.54 Å². The van der Waals surface area contributed by atoms with Gasteiger partial charge in [0.1, 0.15) is 0 Å². The second-order valence-electron chi connectivity index (χ2n) is 5.37. The van der Waals surface area contributed by atoms with Gasteiger partial charge in [0.15, 0.2) is 0 Å². The van der Waals surface area contributed by atoms with Crippen LogP contribution < -0.4 is 0 Å². The van der Waals surface area contributed by atoms with Crippen LogP contribution in [0, 0.1) is 10.2 Å². The molecule has 0 aromatic heterocycles. The van der Waals surface area contributed by atoms with Crippen LogP contribution in [0.5, 0.6) is 0 Å². The van der Waals surface area contributed by atoms with Crippen molar-refractivity contribution in [3.05, 3.63) is 35.4 Å². The number of fused-ring (bicyclic) bond motifs is 1. The molecule has 0 bridgehead atoms. The van der Waals surface area contributed by atoms with Crippen LogP contribution in [0.3, 0.4) is 0 Å². The van der Waals surface area contributed by atoms with Crippen molar-refractivity contribution in [3.63, 3.8) is 0 Å². The van der Waals surface area contributed by atoms with Gasteiger partial charge >= 0.3 is 131 Å². The van der Waals surface area contributed by atoms with Crippen LogP contribution in [0.4, 0.5) is 0 Å². The fourth-order valence-electron chi connectivity index (χ4n) is 2.64. The fourth-order valence-corrected chi connectivity index (χ4v) is 3.96. The fraction of sp³-hybridized carbons (Fsp3) is 0.438. The van der Waals surface area contributed by atoms with Gasteiger partial charge in [0.25, 0.3) is 0 Å². The molecular weight excluding hydrogens is 331 g/mol. The number of benzene rings is 1. The van der Waals surface area contributed by atoms with E-state index in [9.17, 15) is 9.59 Å². The molecule has 110 valence electrons. The molecule has 5 heteroatoms. The number of imide groups is 1. The third-order valence-corrected chi connectivity index (χ3v) is 5.66. The van der Waals surface area contributed by atoms with Crippen molar-refractivity contribution < 1.29 is 9.59 Å². The maximum absolute atomic E-state index is 12.8. The Morgan fingerprint density at radius 1 is 1.33 bits per heavy atom. The van der Waals surface area contributed by atoms with Crippen molar-refractivity contribution in [3.8, 4) is 4.97 Å². The summed E-state index contributed by atoms with van der Waals surface area (Å²) in [4.78, 5) is 28.9. The summed E-state index contributed by atoms with van der Waals surface area (Å²) in [5.41, 5.74) is 0.614. The zero-order chi connectivity index (χ0) is 15.5. The van der Waals surface area contributed by atoms with E-state index in [1.165, 1.54) is 4.90 Å². The summed E-state index contributed by atoms with van der Waals surface area (Å²) in [6.45, 7) is 4.35. The van der Waals surface area contributed by atoms with Crippen LogP contribution in [0.25, 0.3) is 0 Å². The van der Waals surface area contributed by atoms with E-state index in [1.807, 2.05) is 32.0 Å². The van der Waals surface area contributed by atoms with Crippen molar-refractivity contribution in [1.29, 1.82) is 5.26 Å². The van der Waals surface area contributed by atoms with Gasteiger partial charge < -0.3 is 0 Å². The van der Waals surface area contributed by atoms with Crippen LogP contribution in [-0.2, 0) is 10.2 Å². The number of hydrogen-bond donors (Lipinski definition) is 0. The minimum atomic E-state index is -0.756. The van der Waals surface area contributed by atoms with E-state index >= 15 is 0 Å². The van der Waals surface area contributed by atoms with Crippen molar-refractivity contribution >= 4 is 26.8 Å². The topological polar surface area (TPSA) is 61.2 Å². The molecule has 0 N–H and O–H groups in total. The average molecular weight is 349 g/mol. The van der Waals surface area contributed by atoms with Gasteiger partial charge in [0.05, 0.1) is 0 Å². The summed E-state index contributed by atoms with van der Waals surface area (Å²) in [6, 6.07) is 7.29. The molecule has 1 aliphatic heterocycles. The van der Waals surface area contributed by atoms with Crippen molar-refractivity contribution in [2.24, 2.45) is 0 Å². The molecule has 1 aliphatic rings. The molecule has 1 aromatic rings. The molecule has 0 radical (unpaired) electrons. The van der Waals surface area contributed by atoms with Crippen LogP contribution in [0.1, 0.15) is 42.6 Å². The molecule has 0 fully saturated rings. The van der Waals surface area contributed by atoms with E-state index in [4.69, 9.17) is 5.26 Å². The maximum atomic E-state index is 12.8. The van der Waals surface area contributed by atoms with Crippen LogP contribution >= 0.6 is 0 Å².